The minimum atomic E-state index is -0.601. The summed E-state index contributed by atoms with van der Waals surface area (Å²) in [6, 6.07) is 14.1. The second kappa shape index (κ2) is 11.8. The van der Waals surface area contributed by atoms with Gasteiger partial charge in [-0.15, -0.1) is 0 Å². The molecule has 7 nitrogen and oxygen atoms in total. The van der Waals surface area contributed by atoms with Gasteiger partial charge in [0, 0.05) is 25.6 Å². The fraction of sp³-hybridized carbons (Fsp3) is 0.429. The van der Waals surface area contributed by atoms with Crippen LogP contribution in [-0.4, -0.2) is 52.1 Å². The highest BCUT2D eigenvalue weighted by molar-refractivity contribution is 6.21. The standard InChI is InChI=1S/C28H35N3O4/c1-5-20(4)29-26(33)24(6-2)31(18-21-12-9-11-19(3)17-21)25(32)15-10-16-30-27(34)22-13-7-8-14-23(22)28(30)35/h7-9,11-14,17,20,24H,5-6,10,15-16,18H2,1-4H3,(H,29,33)/t20-,24-/m0/s1. The van der Waals surface area contributed by atoms with Crippen molar-refractivity contribution in [3.8, 4) is 0 Å². The number of benzene rings is 2. The van der Waals surface area contributed by atoms with Crippen LogP contribution < -0.4 is 5.32 Å². The van der Waals surface area contributed by atoms with Crippen LogP contribution in [0.2, 0.25) is 0 Å². The Kier molecular flexibility index (Phi) is 8.79. The van der Waals surface area contributed by atoms with Crippen molar-refractivity contribution in [2.24, 2.45) is 0 Å². The molecule has 0 fully saturated rings. The summed E-state index contributed by atoms with van der Waals surface area (Å²) in [5.41, 5.74) is 2.83. The highest BCUT2D eigenvalue weighted by atomic mass is 16.2. The van der Waals surface area contributed by atoms with Crippen molar-refractivity contribution >= 4 is 23.6 Å². The van der Waals surface area contributed by atoms with E-state index in [1.165, 1.54) is 4.90 Å². The van der Waals surface area contributed by atoms with E-state index >= 15 is 0 Å². The van der Waals surface area contributed by atoms with Crippen LogP contribution in [0.3, 0.4) is 0 Å². The number of hydrogen-bond acceptors (Lipinski definition) is 4. The van der Waals surface area contributed by atoms with Crippen molar-refractivity contribution in [1.82, 2.24) is 15.1 Å². The van der Waals surface area contributed by atoms with E-state index < -0.39 is 6.04 Å². The monoisotopic (exact) mass is 477 g/mol. The number of rotatable bonds is 11. The first-order valence-corrected chi connectivity index (χ1v) is 12.4. The zero-order valence-corrected chi connectivity index (χ0v) is 21.0. The molecule has 35 heavy (non-hydrogen) atoms. The zero-order chi connectivity index (χ0) is 25.5. The lowest BCUT2D eigenvalue weighted by Crippen LogP contribution is -2.50. The molecule has 1 aliphatic rings. The summed E-state index contributed by atoms with van der Waals surface area (Å²) in [5, 5.41) is 3.01. The molecule has 4 amide bonds. The predicted molar refractivity (Wildman–Crippen MR) is 135 cm³/mol. The molecule has 2 aromatic rings. The molecule has 0 saturated carbocycles. The number of amides is 4. The number of carbonyl (C=O) groups excluding carboxylic acids is 4. The number of aryl methyl sites for hydroxylation is 1. The first-order valence-electron chi connectivity index (χ1n) is 12.4. The smallest absolute Gasteiger partial charge is 0.261 e. The largest absolute Gasteiger partial charge is 0.352 e. The van der Waals surface area contributed by atoms with E-state index in [-0.39, 0.29) is 42.6 Å². The molecule has 1 aliphatic heterocycles. The molecule has 1 heterocycles. The fourth-order valence-corrected chi connectivity index (χ4v) is 4.34. The fourth-order valence-electron chi connectivity index (χ4n) is 4.34. The third-order valence-corrected chi connectivity index (χ3v) is 6.47. The van der Waals surface area contributed by atoms with Crippen molar-refractivity contribution < 1.29 is 19.2 Å². The van der Waals surface area contributed by atoms with Gasteiger partial charge in [-0.3, -0.25) is 24.1 Å². The summed E-state index contributed by atoms with van der Waals surface area (Å²) in [6.07, 6.45) is 1.75. The lowest BCUT2D eigenvalue weighted by atomic mass is 10.1. The maximum absolute atomic E-state index is 13.4. The van der Waals surface area contributed by atoms with Crippen molar-refractivity contribution in [2.45, 2.75) is 72.0 Å². The highest BCUT2D eigenvalue weighted by Crippen LogP contribution is 2.23. The van der Waals surface area contributed by atoms with Gasteiger partial charge in [-0.05, 0) is 50.8 Å². The number of carbonyl (C=O) groups is 4. The molecule has 3 rings (SSSR count). The Hall–Kier alpha value is -3.48. The van der Waals surface area contributed by atoms with Crippen LogP contribution in [0.15, 0.2) is 48.5 Å². The normalized spacial score (nSPS) is 14.5. The number of nitrogens with one attached hydrogen (secondary N) is 1. The Morgan fingerprint density at radius 3 is 2.20 bits per heavy atom. The second-order valence-corrected chi connectivity index (χ2v) is 9.16. The summed E-state index contributed by atoms with van der Waals surface area (Å²) in [7, 11) is 0. The maximum Gasteiger partial charge on any atom is 0.261 e. The van der Waals surface area contributed by atoms with E-state index in [4.69, 9.17) is 0 Å². The van der Waals surface area contributed by atoms with Gasteiger partial charge in [-0.2, -0.15) is 0 Å². The van der Waals surface area contributed by atoms with Gasteiger partial charge in [0.1, 0.15) is 6.04 Å². The minimum absolute atomic E-state index is 0.0151. The van der Waals surface area contributed by atoms with Gasteiger partial charge in [0.2, 0.25) is 11.8 Å². The van der Waals surface area contributed by atoms with Crippen LogP contribution in [0.25, 0.3) is 0 Å². The quantitative estimate of drug-likeness (QED) is 0.494. The summed E-state index contributed by atoms with van der Waals surface area (Å²) in [5.74, 6) is -0.986. The van der Waals surface area contributed by atoms with E-state index in [1.807, 2.05) is 52.0 Å². The van der Waals surface area contributed by atoms with Crippen LogP contribution in [0.1, 0.15) is 78.3 Å². The summed E-state index contributed by atoms with van der Waals surface area (Å²) < 4.78 is 0. The van der Waals surface area contributed by atoms with Gasteiger partial charge in [-0.1, -0.05) is 55.8 Å². The molecule has 0 bridgehead atoms. The van der Waals surface area contributed by atoms with Crippen LogP contribution in [0, 0.1) is 6.92 Å². The lowest BCUT2D eigenvalue weighted by Gasteiger charge is -2.31. The molecule has 7 heteroatoms. The van der Waals surface area contributed by atoms with Gasteiger partial charge in [0.05, 0.1) is 11.1 Å². The Morgan fingerprint density at radius 1 is 0.971 bits per heavy atom. The Labute approximate surface area is 207 Å². The number of nitrogens with zero attached hydrogens (tertiary/aromatic N) is 2. The summed E-state index contributed by atoms with van der Waals surface area (Å²) in [4.78, 5) is 54.5. The van der Waals surface area contributed by atoms with Crippen LogP contribution in [0.4, 0.5) is 0 Å². The third-order valence-electron chi connectivity index (χ3n) is 6.47. The summed E-state index contributed by atoms with van der Waals surface area (Å²) >= 11 is 0. The van der Waals surface area contributed by atoms with Crippen molar-refractivity contribution in [2.75, 3.05) is 6.54 Å². The predicted octanol–water partition coefficient (Wildman–Crippen LogP) is 4.09. The van der Waals surface area contributed by atoms with Gasteiger partial charge < -0.3 is 10.2 Å². The molecular formula is C28H35N3O4. The van der Waals surface area contributed by atoms with Crippen LogP contribution >= 0.6 is 0 Å². The first kappa shape index (κ1) is 26.1. The molecule has 0 unspecified atom stereocenters. The molecule has 0 spiro atoms. The maximum atomic E-state index is 13.4. The van der Waals surface area contributed by atoms with Crippen molar-refractivity contribution in [3.63, 3.8) is 0 Å². The number of hydrogen-bond donors (Lipinski definition) is 1. The molecule has 186 valence electrons. The molecule has 1 N–H and O–H groups in total. The summed E-state index contributed by atoms with van der Waals surface area (Å²) in [6.45, 7) is 8.31. The zero-order valence-electron chi connectivity index (χ0n) is 21.0. The SMILES string of the molecule is CC[C@H](C)NC(=O)[C@H](CC)N(Cc1cccc(C)c1)C(=O)CCCN1C(=O)c2ccccc2C1=O. The van der Waals surface area contributed by atoms with Gasteiger partial charge >= 0.3 is 0 Å². The average molecular weight is 478 g/mol. The molecule has 0 aliphatic carbocycles. The Morgan fingerprint density at radius 2 is 1.63 bits per heavy atom. The molecule has 0 radical (unpaired) electrons. The molecular weight excluding hydrogens is 442 g/mol. The van der Waals surface area contributed by atoms with Gasteiger partial charge in [0.25, 0.3) is 11.8 Å². The minimum Gasteiger partial charge on any atom is -0.352 e. The third kappa shape index (κ3) is 6.15. The van der Waals surface area contributed by atoms with E-state index in [0.717, 1.165) is 17.5 Å². The number of imide groups is 1. The highest BCUT2D eigenvalue weighted by Gasteiger charge is 2.35. The molecule has 2 aromatic carbocycles. The number of fused-ring (bicyclic) bond motifs is 1. The first-order chi connectivity index (χ1) is 16.8. The van der Waals surface area contributed by atoms with Crippen LogP contribution in [0.5, 0.6) is 0 Å². The lowest BCUT2D eigenvalue weighted by molar-refractivity contribution is -0.141. The van der Waals surface area contributed by atoms with Gasteiger partial charge in [0.15, 0.2) is 0 Å². The topological polar surface area (TPSA) is 86.8 Å². The molecule has 0 saturated heterocycles. The van der Waals surface area contributed by atoms with E-state index in [2.05, 4.69) is 5.32 Å². The van der Waals surface area contributed by atoms with E-state index in [0.29, 0.717) is 30.5 Å². The van der Waals surface area contributed by atoms with Crippen molar-refractivity contribution in [3.05, 3.63) is 70.8 Å². The van der Waals surface area contributed by atoms with E-state index in [9.17, 15) is 19.2 Å². The second-order valence-electron chi connectivity index (χ2n) is 9.16. The van der Waals surface area contributed by atoms with Gasteiger partial charge in [-0.25, -0.2) is 0 Å². The van der Waals surface area contributed by atoms with Crippen LogP contribution in [-0.2, 0) is 16.1 Å². The Balaban J connectivity index is 1.71. The molecule has 0 aromatic heterocycles. The van der Waals surface area contributed by atoms with Crippen molar-refractivity contribution in [1.29, 1.82) is 0 Å². The molecule has 2 atom stereocenters. The average Bonchev–Trinajstić information content (AvgIpc) is 3.08. The Bertz CT molecular complexity index is 1060. The van der Waals surface area contributed by atoms with E-state index in [1.54, 1.807) is 29.2 Å².